The van der Waals surface area contributed by atoms with E-state index in [2.05, 4.69) is 11.9 Å². The maximum atomic E-state index is 13.2. The fraction of sp³-hybridized carbons (Fsp3) is 0.292. The molecule has 1 fully saturated rings. The molecule has 1 N–H and O–H groups in total. The molecule has 0 bridgehead atoms. The lowest BCUT2D eigenvalue weighted by molar-refractivity contribution is -0.142. The summed E-state index contributed by atoms with van der Waals surface area (Å²) < 4.78 is 37.8. The van der Waals surface area contributed by atoms with E-state index in [1.165, 1.54) is 40.6 Å². The molecule has 2 aromatic rings. The van der Waals surface area contributed by atoms with Gasteiger partial charge in [-0.25, -0.2) is 13.2 Å². The summed E-state index contributed by atoms with van der Waals surface area (Å²) in [6.07, 6.45) is 0.286. The Morgan fingerprint density at radius 2 is 1.77 bits per heavy atom. The molecule has 3 rings (SSSR count). The summed E-state index contributed by atoms with van der Waals surface area (Å²) >= 11 is 0. The van der Waals surface area contributed by atoms with E-state index in [9.17, 15) is 22.8 Å². The second-order valence-corrected chi connectivity index (χ2v) is 9.69. The molecule has 1 atom stereocenters. The number of sulfonamides is 1. The molecule has 35 heavy (non-hydrogen) atoms. The van der Waals surface area contributed by atoms with Gasteiger partial charge in [-0.05, 0) is 35.9 Å². The monoisotopic (exact) mass is 501 g/mol. The van der Waals surface area contributed by atoms with Crippen molar-refractivity contribution in [2.24, 2.45) is 0 Å². The Balaban J connectivity index is 1.73. The topological polar surface area (TPSA) is 122 Å². The number of anilines is 1. The summed E-state index contributed by atoms with van der Waals surface area (Å²) in [5.41, 5.74) is 1.22. The van der Waals surface area contributed by atoms with Crippen LogP contribution in [0.25, 0.3) is 0 Å². The number of rotatable bonds is 8. The highest BCUT2D eigenvalue weighted by molar-refractivity contribution is 7.89. The number of nitrogens with zero attached hydrogens (tertiary/aromatic N) is 2. The van der Waals surface area contributed by atoms with Crippen molar-refractivity contribution in [3.63, 3.8) is 0 Å². The van der Waals surface area contributed by atoms with E-state index in [1.54, 1.807) is 0 Å². The molecule has 1 heterocycles. The molecule has 186 valence electrons. The minimum atomic E-state index is -3.92. The molecule has 1 saturated heterocycles. The fourth-order valence-electron chi connectivity index (χ4n) is 3.59. The number of hydrogen-bond donors (Lipinski definition) is 1. The van der Waals surface area contributed by atoms with Crippen molar-refractivity contribution < 1.29 is 32.3 Å². The van der Waals surface area contributed by atoms with Crippen molar-refractivity contribution >= 4 is 33.7 Å². The van der Waals surface area contributed by atoms with E-state index in [-0.39, 0.29) is 37.6 Å². The maximum Gasteiger partial charge on any atom is 0.410 e. The predicted molar refractivity (Wildman–Crippen MR) is 128 cm³/mol. The van der Waals surface area contributed by atoms with Crippen LogP contribution < -0.4 is 5.32 Å². The molecular formula is C24H27N3O7S. The number of piperazine rings is 1. The molecular weight excluding hydrogens is 474 g/mol. The van der Waals surface area contributed by atoms with Gasteiger partial charge in [0.1, 0.15) is 6.61 Å². The normalized spacial score (nSPS) is 16.3. The van der Waals surface area contributed by atoms with E-state index < -0.39 is 34.0 Å². The molecule has 0 saturated carbocycles. The van der Waals surface area contributed by atoms with E-state index in [4.69, 9.17) is 9.47 Å². The quantitative estimate of drug-likeness (QED) is 0.435. The number of esters is 1. The number of ether oxygens (including phenoxy) is 2. The summed E-state index contributed by atoms with van der Waals surface area (Å²) in [7, 11) is -2.70. The molecule has 1 aliphatic heterocycles. The zero-order chi connectivity index (χ0) is 25.4. The van der Waals surface area contributed by atoms with Crippen LogP contribution in [-0.4, -0.2) is 68.4 Å². The van der Waals surface area contributed by atoms with Crippen LogP contribution in [0, 0.1) is 0 Å². The first-order valence-electron chi connectivity index (χ1n) is 10.8. The van der Waals surface area contributed by atoms with Crippen LogP contribution >= 0.6 is 0 Å². The Hall–Kier alpha value is -3.70. The van der Waals surface area contributed by atoms with E-state index >= 15 is 0 Å². The SMILES string of the molecule is C=CC(=O)Nc1ccc(S(=O)(=O)N2CCN(C(=O)OCc3ccccc3)C(CC(=O)OC)C2)cc1. The Morgan fingerprint density at radius 1 is 1.09 bits per heavy atom. The van der Waals surface area contributed by atoms with Crippen LogP contribution in [0.1, 0.15) is 12.0 Å². The molecule has 0 radical (unpaired) electrons. The predicted octanol–water partition coefficient (Wildman–Crippen LogP) is 2.39. The minimum Gasteiger partial charge on any atom is -0.469 e. The third-order valence-electron chi connectivity index (χ3n) is 5.46. The van der Waals surface area contributed by atoms with Crippen molar-refractivity contribution in [3.05, 3.63) is 72.8 Å². The molecule has 2 aromatic carbocycles. The standard InChI is InChI=1S/C24H27N3O7S/c1-3-22(28)25-19-9-11-21(12-10-19)35(31,32)26-13-14-27(20(16-26)15-23(29)33-2)24(30)34-17-18-7-5-4-6-8-18/h3-12,20H,1,13-17H2,2H3,(H,25,28). The molecule has 0 aliphatic carbocycles. The van der Waals surface area contributed by atoms with Crippen molar-refractivity contribution in [1.29, 1.82) is 0 Å². The van der Waals surface area contributed by atoms with Gasteiger partial charge < -0.3 is 19.7 Å². The third kappa shape index (κ3) is 6.67. The van der Waals surface area contributed by atoms with Gasteiger partial charge >= 0.3 is 12.1 Å². The van der Waals surface area contributed by atoms with Crippen LogP contribution in [0.4, 0.5) is 10.5 Å². The highest BCUT2D eigenvalue weighted by Gasteiger charge is 2.38. The summed E-state index contributed by atoms with van der Waals surface area (Å²) in [5.74, 6) is -0.987. The summed E-state index contributed by atoms with van der Waals surface area (Å²) in [5, 5.41) is 2.55. The minimum absolute atomic E-state index is 0.0195. The van der Waals surface area contributed by atoms with E-state index in [0.717, 1.165) is 11.6 Å². The highest BCUT2D eigenvalue weighted by atomic mass is 32.2. The zero-order valence-corrected chi connectivity index (χ0v) is 20.1. The van der Waals surface area contributed by atoms with Crippen LogP contribution in [0.2, 0.25) is 0 Å². The first-order valence-corrected chi connectivity index (χ1v) is 12.3. The number of amides is 2. The lowest BCUT2D eigenvalue weighted by Crippen LogP contribution is -2.57. The van der Waals surface area contributed by atoms with Gasteiger partial charge in [0.05, 0.1) is 24.5 Å². The van der Waals surface area contributed by atoms with Gasteiger partial charge in [-0.1, -0.05) is 36.9 Å². The number of hydrogen-bond acceptors (Lipinski definition) is 7. The first-order chi connectivity index (χ1) is 16.7. The highest BCUT2D eigenvalue weighted by Crippen LogP contribution is 2.24. The number of benzene rings is 2. The Morgan fingerprint density at radius 3 is 2.40 bits per heavy atom. The molecule has 2 amide bonds. The van der Waals surface area contributed by atoms with Crippen molar-refractivity contribution in [2.75, 3.05) is 32.1 Å². The first kappa shape index (κ1) is 25.9. The van der Waals surface area contributed by atoms with Crippen LogP contribution in [-0.2, 0) is 35.7 Å². The number of carbonyl (C=O) groups excluding carboxylic acids is 3. The van der Waals surface area contributed by atoms with Gasteiger partial charge in [0.15, 0.2) is 0 Å². The smallest absolute Gasteiger partial charge is 0.410 e. The van der Waals surface area contributed by atoms with Gasteiger partial charge in [-0.2, -0.15) is 4.31 Å². The van der Waals surface area contributed by atoms with Crippen molar-refractivity contribution in [3.8, 4) is 0 Å². The second kappa shape index (κ2) is 11.6. The third-order valence-corrected chi connectivity index (χ3v) is 7.34. The largest absolute Gasteiger partial charge is 0.469 e. The lowest BCUT2D eigenvalue weighted by atomic mass is 10.1. The van der Waals surface area contributed by atoms with Gasteiger partial charge in [0, 0.05) is 25.3 Å². The average molecular weight is 502 g/mol. The van der Waals surface area contributed by atoms with E-state index in [1.807, 2.05) is 30.3 Å². The van der Waals surface area contributed by atoms with Gasteiger partial charge in [0.25, 0.3) is 0 Å². The molecule has 10 nitrogen and oxygen atoms in total. The van der Waals surface area contributed by atoms with Gasteiger partial charge in [-0.15, -0.1) is 0 Å². The molecule has 1 unspecified atom stereocenters. The van der Waals surface area contributed by atoms with Gasteiger partial charge in [0.2, 0.25) is 15.9 Å². The second-order valence-electron chi connectivity index (χ2n) is 7.75. The van der Waals surface area contributed by atoms with Crippen molar-refractivity contribution in [2.45, 2.75) is 24.0 Å². The number of carbonyl (C=O) groups is 3. The number of methoxy groups -OCH3 is 1. The van der Waals surface area contributed by atoms with E-state index in [0.29, 0.717) is 5.69 Å². The lowest BCUT2D eigenvalue weighted by Gasteiger charge is -2.39. The Labute approximate surface area is 204 Å². The Kier molecular flexibility index (Phi) is 8.61. The summed E-state index contributed by atoms with van der Waals surface area (Å²) in [6.45, 7) is 3.39. The molecule has 1 aliphatic rings. The molecule has 0 aromatic heterocycles. The zero-order valence-electron chi connectivity index (χ0n) is 19.3. The molecule has 11 heteroatoms. The summed E-state index contributed by atoms with van der Waals surface area (Å²) in [4.78, 5) is 37.6. The maximum absolute atomic E-state index is 13.2. The van der Waals surface area contributed by atoms with Crippen LogP contribution in [0.5, 0.6) is 0 Å². The van der Waals surface area contributed by atoms with Crippen LogP contribution in [0.15, 0.2) is 72.1 Å². The average Bonchev–Trinajstić information content (AvgIpc) is 2.88. The molecule has 0 spiro atoms. The van der Waals surface area contributed by atoms with Crippen molar-refractivity contribution in [1.82, 2.24) is 9.21 Å². The van der Waals surface area contributed by atoms with Gasteiger partial charge in [-0.3, -0.25) is 9.59 Å². The number of nitrogens with one attached hydrogen (secondary N) is 1. The summed E-state index contributed by atoms with van der Waals surface area (Å²) in [6, 6.07) is 14.1. The van der Waals surface area contributed by atoms with Crippen LogP contribution in [0.3, 0.4) is 0 Å². The fourth-order valence-corrected chi connectivity index (χ4v) is 5.06. The Bertz CT molecular complexity index is 1170.